The molecule has 0 unspecified atom stereocenters. The van der Waals surface area contributed by atoms with Crippen molar-refractivity contribution in [1.82, 2.24) is 33.9 Å². The lowest BCUT2D eigenvalue weighted by Crippen LogP contribution is -2.53. The number of carbonyl (C=O) groups is 2. The molecule has 2 atom stereocenters. The summed E-state index contributed by atoms with van der Waals surface area (Å²) < 4.78 is 54.8. The van der Waals surface area contributed by atoms with Crippen molar-refractivity contribution >= 4 is 17.5 Å². The second kappa shape index (κ2) is 10.9. The third-order valence-electron chi connectivity index (χ3n) is 7.79. The largest absolute Gasteiger partial charge is 0.436 e. The van der Waals surface area contributed by atoms with Crippen LogP contribution in [0.4, 0.5) is 13.2 Å². The fraction of sp³-hybridized carbons (Fsp3) is 0.414. The van der Waals surface area contributed by atoms with Gasteiger partial charge in [-0.2, -0.15) is 18.3 Å². The smallest absolute Gasteiger partial charge is 0.435 e. The molecule has 5 heterocycles. The first-order chi connectivity index (χ1) is 20.8. The van der Waals surface area contributed by atoms with Crippen molar-refractivity contribution < 1.29 is 37.3 Å². The van der Waals surface area contributed by atoms with E-state index in [1.165, 1.54) is 36.2 Å². The maximum Gasteiger partial charge on any atom is 0.435 e. The van der Waals surface area contributed by atoms with Gasteiger partial charge in [0.25, 0.3) is 17.7 Å². The van der Waals surface area contributed by atoms with Gasteiger partial charge in [-0.15, -0.1) is 0 Å². The minimum atomic E-state index is -4.65. The zero-order chi connectivity index (χ0) is 31.4. The van der Waals surface area contributed by atoms with Gasteiger partial charge in [0.2, 0.25) is 5.65 Å². The molecule has 0 bridgehead atoms. The van der Waals surface area contributed by atoms with E-state index in [0.29, 0.717) is 43.1 Å². The number of aryl methyl sites for hydroxylation is 2. The predicted molar refractivity (Wildman–Crippen MR) is 149 cm³/mol. The molecule has 232 valence electrons. The Labute approximate surface area is 249 Å². The van der Waals surface area contributed by atoms with Gasteiger partial charge >= 0.3 is 6.18 Å². The Bertz CT molecular complexity index is 1740. The third-order valence-corrected chi connectivity index (χ3v) is 7.79. The van der Waals surface area contributed by atoms with Gasteiger partial charge in [0.15, 0.2) is 5.69 Å². The summed E-state index contributed by atoms with van der Waals surface area (Å²) in [7, 11) is 1.41. The second-order valence-corrected chi connectivity index (χ2v) is 11.3. The maximum atomic E-state index is 13.6. The van der Waals surface area contributed by atoms with Gasteiger partial charge in [0.1, 0.15) is 11.9 Å². The summed E-state index contributed by atoms with van der Waals surface area (Å²) in [6, 6.07) is 4.93. The van der Waals surface area contributed by atoms with Crippen molar-refractivity contribution in [1.29, 1.82) is 0 Å². The zero-order valence-corrected chi connectivity index (χ0v) is 24.2. The monoisotopic (exact) mass is 613 g/mol. The van der Waals surface area contributed by atoms with Crippen LogP contribution in [0.3, 0.4) is 0 Å². The van der Waals surface area contributed by atoms with Gasteiger partial charge in [-0.05, 0) is 37.6 Å². The summed E-state index contributed by atoms with van der Waals surface area (Å²) in [5.41, 5.74) is -0.677. The van der Waals surface area contributed by atoms with Crippen molar-refractivity contribution in [3.8, 4) is 22.9 Å². The number of benzene rings is 1. The minimum Gasteiger partial charge on any atom is -0.436 e. The second-order valence-electron chi connectivity index (χ2n) is 11.3. The SMILES string of the molecule is Cc1cc(Oc2nccn3c(-c4cn(C)nc4C(F)(F)F)cnc23)ccc1C(=O)N1CCN(C(=O)[C@@H]2C[C@](C)(O)CO2)CC1. The average molecular weight is 614 g/mol. The van der Waals surface area contributed by atoms with E-state index in [2.05, 4.69) is 15.1 Å². The molecule has 0 saturated carbocycles. The molecule has 0 spiro atoms. The molecular weight excluding hydrogens is 583 g/mol. The van der Waals surface area contributed by atoms with E-state index in [9.17, 15) is 27.9 Å². The summed E-state index contributed by atoms with van der Waals surface area (Å²) in [6.07, 6.45) is 0.385. The van der Waals surface area contributed by atoms with Crippen molar-refractivity contribution in [2.24, 2.45) is 7.05 Å². The van der Waals surface area contributed by atoms with Crippen LogP contribution < -0.4 is 4.74 Å². The van der Waals surface area contributed by atoms with Crippen LogP contribution in [0.15, 0.2) is 43.0 Å². The fourth-order valence-electron chi connectivity index (χ4n) is 5.56. The number of rotatable bonds is 5. The Morgan fingerprint density at radius 3 is 2.52 bits per heavy atom. The van der Waals surface area contributed by atoms with Gasteiger partial charge in [-0.1, -0.05) is 0 Å². The van der Waals surface area contributed by atoms with E-state index < -0.39 is 23.6 Å². The molecule has 2 aliphatic rings. The van der Waals surface area contributed by atoms with E-state index in [1.54, 1.807) is 41.8 Å². The first-order valence-electron chi connectivity index (χ1n) is 13.9. The molecule has 15 heteroatoms. The Morgan fingerprint density at radius 2 is 1.86 bits per heavy atom. The molecule has 0 aliphatic carbocycles. The number of hydrogen-bond donors (Lipinski definition) is 1. The normalized spacial score (nSPS) is 20.8. The lowest BCUT2D eigenvalue weighted by molar-refractivity contribution is -0.142. The highest BCUT2D eigenvalue weighted by Crippen LogP contribution is 2.37. The number of aliphatic hydroxyl groups is 1. The molecule has 4 aromatic rings. The van der Waals surface area contributed by atoms with Crippen LogP contribution >= 0.6 is 0 Å². The molecule has 3 aromatic heterocycles. The molecule has 1 aromatic carbocycles. The minimum absolute atomic E-state index is 0.0724. The zero-order valence-electron chi connectivity index (χ0n) is 24.2. The van der Waals surface area contributed by atoms with E-state index in [1.807, 2.05) is 0 Å². The summed E-state index contributed by atoms with van der Waals surface area (Å²) in [5.74, 6) is 0.0749. The number of fused-ring (bicyclic) bond motifs is 1. The van der Waals surface area contributed by atoms with Crippen molar-refractivity contribution in [3.05, 3.63) is 59.8 Å². The number of amides is 2. The van der Waals surface area contributed by atoms with E-state index >= 15 is 0 Å². The molecule has 2 aliphatic heterocycles. The van der Waals surface area contributed by atoms with Crippen LogP contribution in [0.1, 0.15) is 35.0 Å². The van der Waals surface area contributed by atoms with Crippen LogP contribution in [-0.2, 0) is 22.8 Å². The molecule has 2 fully saturated rings. The van der Waals surface area contributed by atoms with Crippen LogP contribution in [-0.4, -0.2) is 95.4 Å². The van der Waals surface area contributed by atoms with Crippen LogP contribution in [0.2, 0.25) is 0 Å². The number of alkyl halides is 3. The van der Waals surface area contributed by atoms with E-state index in [-0.39, 0.29) is 47.6 Å². The Morgan fingerprint density at radius 1 is 1.14 bits per heavy atom. The number of hydrogen-bond acceptors (Lipinski definition) is 8. The highest BCUT2D eigenvalue weighted by Gasteiger charge is 2.41. The number of aromatic nitrogens is 5. The number of halogens is 3. The topological polar surface area (TPSA) is 127 Å². The number of nitrogens with zero attached hydrogens (tertiary/aromatic N) is 7. The number of carbonyl (C=O) groups excluding carboxylic acids is 2. The molecular formula is C29H30F3N7O5. The molecule has 2 saturated heterocycles. The number of imidazole rings is 1. The molecule has 6 rings (SSSR count). The van der Waals surface area contributed by atoms with Gasteiger partial charge in [-0.3, -0.25) is 18.7 Å². The fourth-order valence-corrected chi connectivity index (χ4v) is 5.56. The summed E-state index contributed by atoms with van der Waals surface area (Å²) in [4.78, 5) is 38.0. The first-order valence-corrected chi connectivity index (χ1v) is 13.9. The van der Waals surface area contributed by atoms with E-state index in [4.69, 9.17) is 9.47 Å². The molecule has 0 radical (unpaired) electrons. The highest BCUT2D eigenvalue weighted by molar-refractivity contribution is 5.96. The standard InChI is InChI=1S/C29H30F3N7O5/c1-17-12-18(4-5-19(17)26(40)37-8-10-38(11-9-37)27(41)22-13-28(2,42)16-43-22)44-25-24-34-14-21(39(24)7-6-33-25)20-15-36(3)35-23(20)29(30,31)32/h4-7,12,14-15,22,42H,8-11,13,16H2,1-3H3/t22-,28-/m0/s1. The van der Waals surface area contributed by atoms with Gasteiger partial charge in [0, 0.05) is 63.8 Å². The van der Waals surface area contributed by atoms with Gasteiger partial charge < -0.3 is 24.4 Å². The summed E-state index contributed by atoms with van der Waals surface area (Å²) >= 11 is 0. The predicted octanol–water partition coefficient (Wildman–Crippen LogP) is 3.07. The van der Waals surface area contributed by atoms with Gasteiger partial charge in [0.05, 0.1) is 29.7 Å². The number of ether oxygens (including phenoxy) is 2. The average Bonchev–Trinajstić information content (AvgIpc) is 3.68. The van der Waals surface area contributed by atoms with Crippen LogP contribution in [0, 0.1) is 6.92 Å². The lowest BCUT2D eigenvalue weighted by Gasteiger charge is -2.36. The third kappa shape index (κ3) is 5.59. The highest BCUT2D eigenvalue weighted by atomic mass is 19.4. The summed E-state index contributed by atoms with van der Waals surface area (Å²) in [6.45, 7) is 4.95. The molecule has 2 amide bonds. The summed E-state index contributed by atoms with van der Waals surface area (Å²) in [5, 5.41) is 13.7. The number of piperazine rings is 1. The van der Waals surface area contributed by atoms with Crippen molar-refractivity contribution in [3.63, 3.8) is 0 Å². The molecule has 44 heavy (non-hydrogen) atoms. The van der Waals surface area contributed by atoms with Gasteiger partial charge in [-0.25, -0.2) is 9.97 Å². The Hall–Kier alpha value is -4.50. The van der Waals surface area contributed by atoms with Crippen molar-refractivity contribution in [2.45, 2.75) is 38.1 Å². The lowest BCUT2D eigenvalue weighted by atomic mass is 10.0. The van der Waals surface area contributed by atoms with Crippen LogP contribution in [0.25, 0.3) is 16.9 Å². The van der Waals surface area contributed by atoms with Crippen LogP contribution in [0.5, 0.6) is 11.6 Å². The van der Waals surface area contributed by atoms with E-state index in [0.717, 1.165) is 4.68 Å². The molecule has 1 N–H and O–H groups in total. The van der Waals surface area contributed by atoms with Crippen molar-refractivity contribution in [2.75, 3.05) is 32.8 Å². The Balaban J connectivity index is 1.15. The first kappa shape index (κ1) is 29.6. The Kier molecular flexibility index (Phi) is 7.32. The molecule has 12 nitrogen and oxygen atoms in total. The maximum absolute atomic E-state index is 13.6. The quantitative estimate of drug-likeness (QED) is 0.364.